The van der Waals surface area contributed by atoms with Crippen molar-refractivity contribution in [1.82, 2.24) is 19.7 Å². The number of carbonyl (C=O) groups is 1. The Balaban J connectivity index is 1.62. The fourth-order valence-corrected chi connectivity index (χ4v) is 2.66. The summed E-state index contributed by atoms with van der Waals surface area (Å²) in [6.45, 7) is 2.01. The van der Waals surface area contributed by atoms with Crippen molar-refractivity contribution in [2.75, 3.05) is 11.1 Å². The number of carbonyl (C=O) groups excluding carboxylic acids is 1. The zero-order valence-electron chi connectivity index (χ0n) is 12.5. The van der Waals surface area contributed by atoms with Crippen molar-refractivity contribution >= 4 is 23.4 Å². The summed E-state index contributed by atoms with van der Waals surface area (Å²) < 4.78 is 1.75. The van der Waals surface area contributed by atoms with Gasteiger partial charge in [-0.05, 0) is 31.2 Å². The van der Waals surface area contributed by atoms with Crippen LogP contribution in [0.3, 0.4) is 0 Å². The van der Waals surface area contributed by atoms with E-state index in [1.165, 1.54) is 11.8 Å². The van der Waals surface area contributed by atoms with Crippen LogP contribution in [0.2, 0.25) is 0 Å². The van der Waals surface area contributed by atoms with Crippen molar-refractivity contribution in [2.45, 2.75) is 12.1 Å². The highest BCUT2D eigenvalue weighted by atomic mass is 32.2. The molecule has 0 aliphatic carbocycles. The van der Waals surface area contributed by atoms with Gasteiger partial charge in [0.05, 0.1) is 5.75 Å². The van der Waals surface area contributed by atoms with E-state index in [0.717, 1.165) is 17.1 Å². The molecule has 0 fully saturated rings. The number of hydrogen-bond donors (Lipinski definition) is 1. The smallest absolute Gasteiger partial charge is 0.234 e. The molecular formula is C16H15N5OS. The Labute approximate surface area is 138 Å². The SMILES string of the molecule is Cc1ccc(NC(=O)CSc2nncn2-c2ccccn2)cc1. The number of benzene rings is 1. The monoisotopic (exact) mass is 325 g/mol. The molecule has 3 aromatic rings. The van der Waals surface area contributed by atoms with Crippen LogP contribution in [0.5, 0.6) is 0 Å². The predicted octanol–water partition coefficient (Wildman–Crippen LogP) is 2.70. The molecule has 0 aliphatic heterocycles. The first-order valence-electron chi connectivity index (χ1n) is 7.03. The zero-order valence-corrected chi connectivity index (χ0v) is 13.3. The third-order valence-electron chi connectivity index (χ3n) is 3.08. The molecule has 6 nitrogen and oxygen atoms in total. The van der Waals surface area contributed by atoms with Crippen molar-refractivity contribution in [3.05, 3.63) is 60.6 Å². The summed E-state index contributed by atoms with van der Waals surface area (Å²) in [5.74, 6) is 0.882. The van der Waals surface area contributed by atoms with Crippen LogP contribution in [0, 0.1) is 6.92 Å². The van der Waals surface area contributed by atoms with Crippen LogP contribution < -0.4 is 5.32 Å². The summed E-state index contributed by atoms with van der Waals surface area (Å²) in [6, 6.07) is 13.3. The normalized spacial score (nSPS) is 10.5. The molecule has 23 heavy (non-hydrogen) atoms. The van der Waals surface area contributed by atoms with Crippen LogP contribution in [0.15, 0.2) is 60.1 Å². The molecule has 1 aromatic carbocycles. The highest BCUT2D eigenvalue weighted by Crippen LogP contribution is 2.18. The fraction of sp³-hybridized carbons (Fsp3) is 0.125. The number of nitrogens with zero attached hydrogens (tertiary/aromatic N) is 4. The average Bonchev–Trinajstić information content (AvgIpc) is 3.04. The van der Waals surface area contributed by atoms with Gasteiger partial charge in [-0.2, -0.15) is 0 Å². The van der Waals surface area contributed by atoms with E-state index in [1.807, 2.05) is 49.4 Å². The summed E-state index contributed by atoms with van der Waals surface area (Å²) in [5, 5.41) is 11.4. The van der Waals surface area contributed by atoms with Gasteiger partial charge in [-0.15, -0.1) is 10.2 Å². The van der Waals surface area contributed by atoms with Crippen LogP contribution in [0.1, 0.15) is 5.56 Å². The lowest BCUT2D eigenvalue weighted by molar-refractivity contribution is -0.113. The third-order valence-corrected chi connectivity index (χ3v) is 4.02. The molecule has 116 valence electrons. The topological polar surface area (TPSA) is 72.7 Å². The lowest BCUT2D eigenvalue weighted by atomic mass is 10.2. The Morgan fingerprint density at radius 3 is 2.78 bits per heavy atom. The highest BCUT2D eigenvalue weighted by molar-refractivity contribution is 7.99. The van der Waals surface area contributed by atoms with E-state index in [4.69, 9.17) is 0 Å². The molecular weight excluding hydrogens is 310 g/mol. The number of pyridine rings is 1. The molecule has 0 radical (unpaired) electrons. The van der Waals surface area contributed by atoms with Gasteiger partial charge in [0.25, 0.3) is 0 Å². The van der Waals surface area contributed by atoms with Gasteiger partial charge in [-0.1, -0.05) is 35.5 Å². The third kappa shape index (κ3) is 3.95. The minimum atomic E-state index is -0.0885. The molecule has 0 saturated carbocycles. The summed E-state index contributed by atoms with van der Waals surface area (Å²) >= 11 is 1.32. The Bertz CT molecular complexity index is 786. The van der Waals surface area contributed by atoms with Crippen molar-refractivity contribution < 1.29 is 4.79 Å². The average molecular weight is 325 g/mol. The van der Waals surface area contributed by atoms with E-state index in [-0.39, 0.29) is 11.7 Å². The van der Waals surface area contributed by atoms with Gasteiger partial charge >= 0.3 is 0 Å². The number of thioether (sulfide) groups is 1. The van der Waals surface area contributed by atoms with E-state index in [1.54, 1.807) is 17.1 Å². The standard InChI is InChI=1S/C16H15N5OS/c1-12-5-7-13(8-6-12)19-15(22)10-23-16-20-18-11-21(16)14-4-2-3-9-17-14/h2-9,11H,10H2,1H3,(H,19,22). The fourth-order valence-electron chi connectivity index (χ4n) is 1.94. The first-order chi connectivity index (χ1) is 11.2. The van der Waals surface area contributed by atoms with Gasteiger partial charge in [-0.25, -0.2) is 4.98 Å². The number of rotatable bonds is 5. The number of aryl methyl sites for hydroxylation is 1. The van der Waals surface area contributed by atoms with Gasteiger partial charge in [0.15, 0.2) is 5.16 Å². The molecule has 3 rings (SSSR count). The molecule has 7 heteroatoms. The Morgan fingerprint density at radius 2 is 2.04 bits per heavy atom. The first-order valence-corrected chi connectivity index (χ1v) is 8.02. The van der Waals surface area contributed by atoms with Crippen LogP contribution >= 0.6 is 11.8 Å². The van der Waals surface area contributed by atoms with Gasteiger partial charge < -0.3 is 5.32 Å². The molecule has 0 saturated heterocycles. The van der Waals surface area contributed by atoms with E-state index >= 15 is 0 Å². The maximum atomic E-state index is 12.0. The van der Waals surface area contributed by atoms with Crippen molar-refractivity contribution in [2.24, 2.45) is 0 Å². The molecule has 0 atom stereocenters. The number of amides is 1. The Morgan fingerprint density at radius 1 is 1.22 bits per heavy atom. The summed E-state index contributed by atoms with van der Waals surface area (Å²) in [5.41, 5.74) is 1.94. The predicted molar refractivity (Wildman–Crippen MR) is 89.7 cm³/mol. The molecule has 2 heterocycles. The molecule has 0 unspecified atom stereocenters. The van der Waals surface area contributed by atoms with E-state index in [2.05, 4.69) is 20.5 Å². The minimum Gasteiger partial charge on any atom is -0.325 e. The number of nitrogens with one attached hydrogen (secondary N) is 1. The van der Waals surface area contributed by atoms with Crippen molar-refractivity contribution in [3.8, 4) is 5.82 Å². The van der Waals surface area contributed by atoms with E-state index < -0.39 is 0 Å². The maximum absolute atomic E-state index is 12.0. The van der Waals surface area contributed by atoms with Crippen LogP contribution in [-0.2, 0) is 4.79 Å². The summed E-state index contributed by atoms with van der Waals surface area (Å²) in [4.78, 5) is 16.3. The first kappa shape index (κ1) is 15.2. The molecule has 1 amide bonds. The summed E-state index contributed by atoms with van der Waals surface area (Å²) in [6.07, 6.45) is 3.29. The lowest BCUT2D eigenvalue weighted by Crippen LogP contribution is -2.14. The van der Waals surface area contributed by atoms with Crippen molar-refractivity contribution in [1.29, 1.82) is 0 Å². The number of hydrogen-bond acceptors (Lipinski definition) is 5. The van der Waals surface area contributed by atoms with Gasteiger partial charge in [0.1, 0.15) is 12.1 Å². The largest absolute Gasteiger partial charge is 0.325 e. The van der Waals surface area contributed by atoms with Gasteiger partial charge in [0.2, 0.25) is 5.91 Å². The zero-order chi connectivity index (χ0) is 16.1. The van der Waals surface area contributed by atoms with Crippen molar-refractivity contribution in [3.63, 3.8) is 0 Å². The number of anilines is 1. The maximum Gasteiger partial charge on any atom is 0.234 e. The Kier molecular flexibility index (Phi) is 4.68. The highest BCUT2D eigenvalue weighted by Gasteiger charge is 2.10. The van der Waals surface area contributed by atoms with E-state index in [9.17, 15) is 4.79 Å². The molecule has 1 N–H and O–H groups in total. The lowest BCUT2D eigenvalue weighted by Gasteiger charge is -2.06. The second-order valence-electron chi connectivity index (χ2n) is 4.87. The molecule has 0 spiro atoms. The number of aromatic nitrogens is 4. The minimum absolute atomic E-state index is 0.0885. The quantitative estimate of drug-likeness (QED) is 0.730. The molecule has 2 aromatic heterocycles. The second kappa shape index (κ2) is 7.06. The summed E-state index contributed by atoms with van der Waals surface area (Å²) in [7, 11) is 0. The second-order valence-corrected chi connectivity index (χ2v) is 5.82. The molecule has 0 aliphatic rings. The van der Waals surface area contributed by atoms with Gasteiger partial charge in [-0.3, -0.25) is 9.36 Å². The van der Waals surface area contributed by atoms with Crippen LogP contribution in [0.4, 0.5) is 5.69 Å². The van der Waals surface area contributed by atoms with E-state index in [0.29, 0.717) is 5.16 Å². The molecule has 0 bridgehead atoms. The van der Waals surface area contributed by atoms with Gasteiger partial charge in [0, 0.05) is 11.9 Å². The van der Waals surface area contributed by atoms with Crippen LogP contribution in [-0.4, -0.2) is 31.4 Å². The Hall–Kier alpha value is -2.67. The van der Waals surface area contributed by atoms with Crippen LogP contribution in [0.25, 0.3) is 5.82 Å².